The summed E-state index contributed by atoms with van der Waals surface area (Å²) in [5, 5.41) is 11.8. The molecule has 0 rings (SSSR count). The highest BCUT2D eigenvalue weighted by Crippen LogP contribution is 2.19. The van der Waals surface area contributed by atoms with Gasteiger partial charge in [0.05, 0.1) is 40.3 Å². The summed E-state index contributed by atoms with van der Waals surface area (Å²) in [6.45, 7) is 4.82. The van der Waals surface area contributed by atoms with E-state index in [0.717, 1.165) is 44.9 Å². The molecule has 0 amide bonds. The Morgan fingerprint density at radius 1 is 0.361 bits per heavy atom. The van der Waals surface area contributed by atoms with E-state index in [4.69, 9.17) is 18.9 Å². The molecule has 0 spiro atoms. The van der Waals surface area contributed by atoms with E-state index in [1.54, 1.807) is 0 Å². The molecule has 0 fully saturated rings. The molecule has 0 aromatic rings. The Bertz CT molecular complexity index is 1410. The molecule has 9 heteroatoms. The second-order valence-corrected chi connectivity index (χ2v) is 26.2. The Morgan fingerprint density at radius 3 is 0.952 bits per heavy atom. The smallest absolute Gasteiger partial charge is 0.306 e. The van der Waals surface area contributed by atoms with E-state index in [0.29, 0.717) is 17.4 Å². The number of rotatable bonds is 69. The number of aliphatic carboxylic acids is 1. The van der Waals surface area contributed by atoms with Crippen molar-refractivity contribution in [3.8, 4) is 0 Å². The first-order valence-corrected chi connectivity index (χ1v) is 36.5. The van der Waals surface area contributed by atoms with Crippen LogP contribution < -0.4 is 5.11 Å². The van der Waals surface area contributed by atoms with Gasteiger partial charge in [0.15, 0.2) is 12.4 Å². The van der Waals surface area contributed by atoms with E-state index < -0.39 is 24.3 Å². The van der Waals surface area contributed by atoms with E-state index in [1.807, 2.05) is 21.1 Å². The van der Waals surface area contributed by atoms with Crippen LogP contribution in [0.3, 0.4) is 0 Å². The molecule has 0 radical (unpaired) electrons. The second kappa shape index (κ2) is 65.7. The first-order valence-electron chi connectivity index (χ1n) is 36.5. The van der Waals surface area contributed by atoms with Gasteiger partial charge in [-0.25, -0.2) is 0 Å². The van der Waals surface area contributed by atoms with Gasteiger partial charge in [-0.1, -0.05) is 340 Å². The molecule has 9 nitrogen and oxygen atoms in total. The average molecular weight is 1170 g/mol. The van der Waals surface area contributed by atoms with Gasteiger partial charge in [-0.05, 0) is 44.9 Å². The van der Waals surface area contributed by atoms with Crippen LogP contribution in [0.25, 0.3) is 0 Å². The molecule has 490 valence electrons. The zero-order chi connectivity index (χ0) is 60.5. The molecule has 0 heterocycles. The number of hydrogen-bond acceptors (Lipinski definition) is 8. The van der Waals surface area contributed by atoms with Crippen molar-refractivity contribution in [1.82, 2.24) is 0 Å². The number of ether oxygens (including phenoxy) is 4. The minimum absolute atomic E-state index is 0.151. The van der Waals surface area contributed by atoms with Crippen molar-refractivity contribution in [1.29, 1.82) is 0 Å². The van der Waals surface area contributed by atoms with E-state index >= 15 is 0 Å². The van der Waals surface area contributed by atoms with Gasteiger partial charge in [0.25, 0.3) is 0 Å². The van der Waals surface area contributed by atoms with Crippen LogP contribution in [0.1, 0.15) is 373 Å². The van der Waals surface area contributed by atoms with Gasteiger partial charge in [-0.15, -0.1) is 0 Å². The topological polar surface area (TPSA) is 111 Å². The maximum atomic E-state index is 12.9. The third kappa shape index (κ3) is 67.1. The number of carboxylic acid groups (broad SMARTS) is 1. The fourth-order valence-corrected chi connectivity index (χ4v) is 11.1. The Balaban J connectivity index is 4.04. The summed E-state index contributed by atoms with van der Waals surface area (Å²) in [6.07, 6.45) is 78.5. The third-order valence-electron chi connectivity index (χ3n) is 16.7. The summed E-state index contributed by atoms with van der Waals surface area (Å²) in [6, 6.07) is 0. The molecule has 2 atom stereocenters. The van der Waals surface area contributed by atoms with Crippen molar-refractivity contribution in [3.05, 3.63) is 24.3 Å². The van der Waals surface area contributed by atoms with Crippen molar-refractivity contribution in [2.24, 2.45) is 0 Å². The lowest BCUT2D eigenvalue weighted by molar-refractivity contribution is -0.870. The van der Waals surface area contributed by atoms with Crippen LogP contribution in [0.15, 0.2) is 24.3 Å². The molecule has 0 saturated heterocycles. The first kappa shape index (κ1) is 80.8. The molecule has 0 aromatic heterocycles. The van der Waals surface area contributed by atoms with Crippen LogP contribution in [-0.4, -0.2) is 82.3 Å². The fourth-order valence-electron chi connectivity index (χ4n) is 11.1. The Hall–Kier alpha value is -2.23. The highest BCUT2D eigenvalue weighted by atomic mass is 16.7. The minimum atomic E-state index is -1.62. The number of likely N-dealkylation sites (N-methyl/N-ethyl adjacent to an activating group) is 1. The minimum Gasteiger partial charge on any atom is -0.545 e. The SMILES string of the molecule is CCCCCCC/C=C\C/C=C\CCCCCCCCCCCCCCCCCCCC(=O)OC(COC(=O)CCCCCCCCCCCCCCCCCCCCCCCCCCCCCCC)COC(OCC[N+](C)(C)C)C(=O)[O-]. The lowest BCUT2D eigenvalue weighted by atomic mass is 10.0. The van der Waals surface area contributed by atoms with Crippen LogP contribution in [0.2, 0.25) is 0 Å². The Labute approximate surface area is 516 Å². The molecule has 0 aliphatic carbocycles. The number of quaternary nitrogens is 1. The number of carbonyl (C=O) groups excluding carboxylic acids is 3. The molecule has 0 aliphatic heterocycles. The molecule has 0 bridgehead atoms. The lowest BCUT2D eigenvalue weighted by Gasteiger charge is -2.26. The standard InChI is InChI=1S/C74H141NO8/c1-6-8-10-12-14-16-18-20-22-24-26-28-30-32-34-36-38-40-42-44-46-48-50-52-54-56-58-60-62-64-71(76)81-68-70(69-82-74(73(78)79)80-67-66-75(3,4)5)83-72(77)65-63-61-59-57-55-53-51-49-47-45-43-41-39-37-35-33-31-29-27-25-23-21-19-17-15-13-11-9-7-2/h19,21,25,27,70,74H,6-18,20,22-24,26,28-69H2,1-5H3/b21-19-,27-25-. The van der Waals surface area contributed by atoms with Crippen molar-refractivity contribution in [3.63, 3.8) is 0 Å². The van der Waals surface area contributed by atoms with Crippen LogP contribution >= 0.6 is 0 Å². The number of carboxylic acids is 1. The maximum absolute atomic E-state index is 12.9. The van der Waals surface area contributed by atoms with Gasteiger partial charge in [0.1, 0.15) is 13.2 Å². The van der Waals surface area contributed by atoms with Gasteiger partial charge < -0.3 is 33.3 Å². The predicted molar refractivity (Wildman–Crippen MR) is 353 cm³/mol. The number of nitrogens with zero attached hydrogens (tertiary/aromatic N) is 1. The molecule has 83 heavy (non-hydrogen) atoms. The number of esters is 2. The molecule has 0 N–H and O–H groups in total. The highest BCUT2D eigenvalue weighted by molar-refractivity contribution is 5.70. The summed E-state index contributed by atoms with van der Waals surface area (Å²) in [4.78, 5) is 37.5. The average Bonchev–Trinajstić information content (AvgIpc) is 3.46. The highest BCUT2D eigenvalue weighted by Gasteiger charge is 2.22. The molecule has 0 aromatic carbocycles. The second-order valence-electron chi connectivity index (χ2n) is 26.2. The third-order valence-corrected chi connectivity index (χ3v) is 16.7. The van der Waals surface area contributed by atoms with E-state index in [-0.39, 0.29) is 32.2 Å². The molecule has 0 aliphatic rings. The van der Waals surface area contributed by atoms with Gasteiger partial charge in [-0.3, -0.25) is 9.59 Å². The summed E-state index contributed by atoms with van der Waals surface area (Å²) < 4.78 is 22.8. The number of hydrogen-bond donors (Lipinski definition) is 0. The van der Waals surface area contributed by atoms with Gasteiger partial charge in [-0.2, -0.15) is 0 Å². The largest absolute Gasteiger partial charge is 0.545 e. The van der Waals surface area contributed by atoms with E-state index in [1.165, 1.54) is 302 Å². The zero-order valence-electron chi connectivity index (χ0n) is 56.1. The summed E-state index contributed by atoms with van der Waals surface area (Å²) in [5.74, 6) is -2.25. The quantitative estimate of drug-likeness (QED) is 0.0195. The Morgan fingerprint density at radius 2 is 0.651 bits per heavy atom. The van der Waals surface area contributed by atoms with E-state index in [2.05, 4.69) is 38.2 Å². The molecule has 0 saturated carbocycles. The summed E-state index contributed by atoms with van der Waals surface area (Å²) in [7, 11) is 5.95. The van der Waals surface area contributed by atoms with Crippen LogP contribution in [0, 0.1) is 0 Å². The van der Waals surface area contributed by atoms with Crippen LogP contribution in [0.5, 0.6) is 0 Å². The van der Waals surface area contributed by atoms with Gasteiger partial charge in [0.2, 0.25) is 0 Å². The van der Waals surface area contributed by atoms with Crippen LogP contribution in [-0.2, 0) is 33.3 Å². The number of unbranched alkanes of at least 4 members (excludes halogenated alkanes) is 50. The first-order chi connectivity index (χ1) is 40.6. The molecular weight excluding hydrogens is 1030 g/mol. The number of carbonyl (C=O) groups is 3. The normalized spacial score (nSPS) is 12.7. The monoisotopic (exact) mass is 1170 g/mol. The lowest BCUT2D eigenvalue weighted by Crippen LogP contribution is -2.44. The maximum Gasteiger partial charge on any atom is 0.306 e. The Kier molecular flexibility index (Phi) is 64.0. The van der Waals surface area contributed by atoms with Gasteiger partial charge in [0, 0.05) is 12.8 Å². The number of allylic oxidation sites excluding steroid dienone is 4. The molecular formula is C74H141NO8. The molecule has 2 unspecified atom stereocenters. The van der Waals surface area contributed by atoms with Crippen molar-refractivity contribution < 1.29 is 42.9 Å². The van der Waals surface area contributed by atoms with Crippen molar-refractivity contribution >= 4 is 17.9 Å². The predicted octanol–water partition coefficient (Wildman–Crippen LogP) is 21.3. The van der Waals surface area contributed by atoms with Crippen molar-refractivity contribution in [2.45, 2.75) is 386 Å². The van der Waals surface area contributed by atoms with E-state index in [9.17, 15) is 19.5 Å². The van der Waals surface area contributed by atoms with Crippen LogP contribution in [0.4, 0.5) is 0 Å². The summed E-state index contributed by atoms with van der Waals surface area (Å²) >= 11 is 0. The van der Waals surface area contributed by atoms with Crippen molar-refractivity contribution in [2.75, 3.05) is 47.5 Å². The zero-order valence-corrected chi connectivity index (χ0v) is 56.1. The summed E-state index contributed by atoms with van der Waals surface area (Å²) in [5.41, 5.74) is 0. The van der Waals surface area contributed by atoms with Gasteiger partial charge >= 0.3 is 11.9 Å². The fraction of sp³-hybridized carbons (Fsp3) is 0.905.